The lowest BCUT2D eigenvalue weighted by Crippen LogP contribution is -2.70. The summed E-state index contributed by atoms with van der Waals surface area (Å²) in [6, 6.07) is 8.02. The number of fused-ring (bicyclic) bond motifs is 1. The monoisotopic (exact) mass is 402 g/mol. The number of carbonyl (C=O) groups excluding carboxylic acids is 2. The smallest absolute Gasteiger partial charge is 0.352 e. The van der Waals surface area contributed by atoms with Crippen molar-refractivity contribution in [3.8, 4) is 0 Å². The van der Waals surface area contributed by atoms with Crippen LogP contribution in [0, 0.1) is 0 Å². The Hall–Kier alpha value is -2.32. The summed E-state index contributed by atoms with van der Waals surface area (Å²) >= 11 is 1.53. The molecule has 7 nitrogen and oxygen atoms in total. The highest BCUT2D eigenvalue weighted by Crippen LogP contribution is 2.41. The van der Waals surface area contributed by atoms with Crippen molar-refractivity contribution < 1.29 is 24.0 Å². The van der Waals surface area contributed by atoms with E-state index in [9.17, 15) is 19.5 Å². The number of amides is 2. The van der Waals surface area contributed by atoms with Gasteiger partial charge in [-0.15, -0.1) is 11.8 Å². The number of likely N-dealkylation sites (tertiary alicyclic amines) is 1. The molecule has 4 rings (SSSR count). The predicted molar refractivity (Wildman–Crippen MR) is 105 cm³/mol. The highest BCUT2D eigenvalue weighted by molar-refractivity contribution is 8.00. The molecule has 3 aliphatic rings. The van der Waals surface area contributed by atoms with Gasteiger partial charge in [-0.2, -0.15) is 0 Å². The van der Waals surface area contributed by atoms with Crippen molar-refractivity contribution >= 4 is 29.5 Å². The van der Waals surface area contributed by atoms with Gasteiger partial charge in [0.15, 0.2) is 0 Å². The molecule has 0 aromatic heterocycles. The van der Waals surface area contributed by atoms with Gasteiger partial charge in [0.1, 0.15) is 23.7 Å². The van der Waals surface area contributed by atoms with Crippen molar-refractivity contribution in [2.24, 2.45) is 0 Å². The van der Waals surface area contributed by atoms with Crippen molar-refractivity contribution in [1.29, 1.82) is 0 Å². The number of nitrogens with one attached hydrogen (secondary N) is 1. The lowest BCUT2D eigenvalue weighted by atomic mass is 10.0. The molecule has 2 N–H and O–H groups in total. The third-order valence-electron chi connectivity index (χ3n) is 5.79. The zero-order valence-electron chi connectivity index (χ0n) is 15.8. The van der Waals surface area contributed by atoms with Crippen LogP contribution in [0.1, 0.15) is 23.2 Å². The Balaban J connectivity index is 1.52. The second kappa shape index (κ2) is 7.25. The molecule has 0 radical (unpaired) electrons. The second-order valence-electron chi connectivity index (χ2n) is 7.92. The summed E-state index contributed by atoms with van der Waals surface area (Å²) in [5, 5.41) is 12.2. The number of nitrogens with zero attached hydrogens (tertiary/aromatic N) is 2. The maximum Gasteiger partial charge on any atom is 0.352 e. The summed E-state index contributed by atoms with van der Waals surface area (Å²) in [7, 11) is 2.15. The van der Waals surface area contributed by atoms with Gasteiger partial charge >= 0.3 is 5.97 Å². The Bertz CT molecular complexity index is 848. The van der Waals surface area contributed by atoms with Gasteiger partial charge in [0.2, 0.25) is 0 Å². The third kappa shape index (κ3) is 3.31. The molecule has 0 aliphatic carbocycles. The molecule has 2 atom stereocenters. The van der Waals surface area contributed by atoms with E-state index in [0.29, 0.717) is 17.9 Å². The summed E-state index contributed by atoms with van der Waals surface area (Å²) in [6.45, 7) is 2.73. The van der Waals surface area contributed by atoms with Gasteiger partial charge in [-0.3, -0.25) is 14.5 Å². The minimum Gasteiger partial charge on any atom is -0.477 e. The van der Waals surface area contributed by atoms with Gasteiger partial charge in [-0.1, -0.05) is 18.2 Å². The third-order valence-corrected chi connectivity index (χ3v) is 7.13. The number of likely N-dealkylation sites (N-methyl/N-ethyl adjacent to an activating group) is 1. The lowest BCUT2D eigenvalue weighted by molar-refractivity contribution is -0.893. The number of carbonyl (C=O) groups is 3. The standard InChI is InChI=1S/C20H23N3O4S/c1-23(9-5-6-10-23)11-14-12-28-19-15(18(25)22(19)16(14)20(26)27)21-17(24)13-7-3-2-4-8-13/h2-4,7-8,15,19H,5-6,9-12H2,1H3,(H-,21,24,26,27)/p+1/t15?,19-/m0/s1. The average molecular weight is 402 g/mol. The fourth-order valence-electron chi connectivity index (χ4n) is 4.34. The molecule has 148 valence electrons. The second-order valence-corrected chi connectivity index (χ2v) is 9.02. The molecule has 0 spiro atoms. The number of rotatable bonds is 5. The zero-order valence-corrected chi connectivity index (χ0v) is 16.6. The fraction of sp³-hybridized carbons (Fsp3) is 0.450. The number of aliphatic carboxylic acids is 1. The topological polar surface area (TPSA) is 86.7 Å². The van der Waals surface area contributed by atoms with E-state index in [2.05, 4.69) is 12.4 Å². The molecular formula is C20H24N3O4S+. The van der Waals surface area contributed by atoms with E-state index in [1.807, 2.05) is 6.07 Å². The Morgan fingerprint density at radius 3 is 2.57 bits per heavy atom. The van der Waals surface area contributed by atoms with Gasteiger partial charge in [0.25, 0.3) is 11.8 Å². The van der Waals surface area contributed by atoms with Crippen LogP contribution < -0.4 is 5.32 Å². The Kier molecular flexibility index (Phi) is 4.93. The van der Waals surface area contributed by atoms with Crippen molar-refractivity contribution in [3.05, 3.63) is 47.2 Å². The van der Waals surface area contributed by atoms with Crippen molar-refractivity contribution in [1.82, 2.24) is 10.2 Å². The summed E-state index contributed by atoms with van der Waals surface area (Å²) < 4.78 is 0.827. The SMILES string of the molecule is C[N+]1(CC2=C(C(=O)O)N3C(=O)C(NC(=O)c4ccccc4)[C@@H]3SC2)CCCC1. The number of hydrogen-bond acceptors (Lipinski definition) is 4. The highest BCUT2D eigenvalue weighted by Gasteiger charge is 2.54. The molecule has 0 saturated carbocycles. The number of β-lactam (4-membered cyclic amide) rings is 1. The predicted octanol–water partition coefficient (Wildman–Crippen LogP) is 1.28. The van der Waals surface area contributed by atoms with Crippen LogP contribution in [0.3, 0.4) is 0 Å². The van der Waals surface area contributed by atoms with Gasteiger partial charge in [0, 0.05) is 29.7 Å². The molecule has 0 bridgehead atoms. The van der Waals surface area contributed by atoms with Crippen molar-refractivity contribution in [3.63, 3.8) is 0 Å². The molecule has 3 heterocycles. The van der Waals surface area contributed by atoms with Crippen molar-refractivity contribution in [2.45, 2.75) is 24.3 Å². The molecule has 3 aliphatic heterocycles. The highest BCUT2D eigenvalue weighted by atomic mass is 32.2. The molecule has 8 heteroatoms. The molecule has 1 aromatic carbocycles. The molecule has 28 heavy (non-hydrogen) atoms. The van der Waals surface area contributed by atoms with Gasteiger partial charge in [-0.25, -0.2) is 4.79 Å². The van der Waals surface area contributed by atoms with E-state index in [1.54, 1.807) is 24.3 Å². The summed E-state index contributed by atoms with van der Waals surface area (Å²) in [6.07, 6.45) is 2.30. The van der Waals surface area contributed by atoms with Gasteiger partial charge < -0.3 is 14.9 Å². The zero-order chi connectivity index (χ0) is 19.9. The first-order valence-electron chi connectivity index (χ1n) is 9.49. The maximum atomic E-state index is 12.7. The molecular weight excluding hydrogens is 378 g/mol. The maximum absolute atomic E-state index is 12.7. The summed E-state index contributed by atoms with van der Waals surface area (Å²) in [5.74, 6) is -1.16. The number of benzene rings is 1. The molecule has 1 aromatic rings. The molecule has 2 amide bonds. The quantitative estimate of drug-likeness (QED) is 0.572. The molecule has 2 fully saturated rings. The number of carboxylic acid groups (broad SMARTS) is 1. The first kappa shape index (κ1) is 19.0. The Labute approximate surface area is 168 Å². The van der Waals surface area contributed by atoms with Crippen LogP contribution in [0.4, 0.5) is 0 Å². The normalized spacial score (nSPS) is 25.9. The van der Waals surface area contributed by atoms with Crippen LogP contribution in [0.2, 0.25) is 0 Å². The van der Waals surface area contributed by atoms with E-state index < -0.39 is 12.0 Å². The largest absolute Gasteiger partial charge is 0.477 e. The lowest BCUT2D eigenvalue weighted by Gasteiger charge is -2.49. The molecule has 1 unspecified atom stereocenters. The first-order valence-corrected chi connectivity index (χ1v) is 10.5. The number of carboxylic acids is 1. The Morgan fingerprint density at radius 2 is 1.93 bits per heavy atom. The summed E-state index contributed by atoms with van der Waals surface area (Å²) in [4.78, 5) is 38.5. The Morgan fingerprint density at radius 1 is 1.25 bits per heavy atom. The number of thioether (sulfide) groups is 1. The minimum atomic E-state index is -1.06. The van der Waals surface area contributed by atoms with E-state index in [1.165, 1.54) is 16.7 Å². The van der Waals surface area contributed by atoms with E-state index in [0.717, 1.165) is 36.0 Å². The van der Waals surface area contributed by atoms with Gasteiger partial charge in [-0.05, 0) is 12.1 Å². The van der Waals surface area contributed by atoms with Crippen LogP contribution >= 0.6 is 11.8 Å². The number of quaternary nitrogens is 1. The van der Waals surface area contributed by atoms with Crippen LogP contribution in [-0.2, 0) is 9.59 Å². The van der Waals surface area contributed by atoms with Crippen LogP contribution in [0.5, 0.6) is 0 Å². The van der Waals surface area contributed by atoms with E-state index in [-0.39, 0.29) is 22.9 Å². The minimum absolute atomic E-state index is 0.116. The average Bonchev–Trinajstić information content (AvgIpc) is 3.12. The van der Waals surface area contributed by atoms with Crippen LogP contribution in [0.25, 0.3) is 0 Å². The van der Waals surface area contributed by atoms with Gasteiger partial charge in [0.05, 0.1) is 20.1 Å². The van der Waals surface area contributed by atoms with Crippen LogP contribution in [0.15, 0.2) is 41.6 Å². The summed E-state index contributed by atoms with van der Waals surface area (Å²) in [5.41, 5.74) is 1.42. The first-order chi connectivity index (χ1) is 13.4. The molecule has 2 saturated heterocycles. The van der Waals surface area contributed by atoms with E-state index in [4.69, 9.17) is 0 Å². The fourth-order valence-corrected chi connectivity index (χ4v) is 5.67. The van der Waals surface area contributed by atoms with Crippen LogP contribution in [-0.4, -0.2) is 76.1 Å². The van der Waals surface area contributed by atoms with E-state index >= 15 is 0 Å². The van der Waals surface area contributed by atoms with Crippen molar-refractivity contribution in [2.75, 3.05) is 32.4 Å². The number of hydrogen-bond donors (Lipinski definition) is 2.